The SMILES string of the molecule is CCOC(=O)c1c(NC(=O)COC(=O)c2cnc3ccccc3n2)sc2c1CCC2. The Labute approximate surface area is 176 Å². The van der Waals surface area contributed by atoms with E-state index in [1.165, 1.54) is 17.5 Å². The van der Waals surface area contributed by atoms with Gasteiger partial charge in [0.25, 0.3) is 5.91 Å². The number of rotatable bonds is 6. The van der Waals surface area contributed by atoms with Crippen molar-refractivity contribution in [2.24, 2.45) is 0 Å². The van der Waals surface area contributed by atoms with Gasteiger partial charge in [0.1, 0.15) is 5.00 Å². The van der Waals surface area contributed by atoms with Crippen LogP contribution in [0, 0.1) is 0 Å². The number of esters is 2. The maximum absolute atomic E-state index is 12.4. The van der Waals surface area contributed by atoms with Gasteiger partial charge in [0.15, 0.2) is 12.3 Å². The van der Waals surface area contributed by atoms with Crippen LogP contribution in [0.15, 0.2) is 30.5 Å². The van der Waals surface area contributed by atoms with Gasteiger partial charge in [0.2, 0.25) is 0 Å². The molecule has 3 aromatic rings. The van der Waals surface area contributed by atoms with Gasteiger partial charge in [-0.3, -0.25) is 9.78 Å². The van der Waals surface area contributed by atoms with E-state index in [-0.39, 0.29) is 12.3 Å². The van der Waals surface area contributed by atoms with Crippen LogP contribution in [0.5, 0.6) is 0 Å². The largest absolute Gasteiger partial charge is 0.462 e. The fourth-order valence-electron chi connectivity index (χ4n) is 3.33. The molecule has 9 heteroatoms. The number of carbonyl (C=O) groups is 3. The second kappa shape index (κ2) is 8.58. The van der Waals surface area contributed by atoms with Gasteiger partial charge in [-0.05, 0) is 43.9 Å². The van der Waals surface area contributed by atoms with Crippen LogP contribution in [0.4, 0.5) is 5.00 Å². The molecule has 2 heterocycles. The van der Waals surface area contributed by atoms with Crippen LogP contribution in [-0.2, 0) is 27.1 Å². The molecular weight excluding hydrogens is 406 g/mol. The second-order valence-corrected chi connectivity index (χ2v) is 7.76. The van der Waals surface area contributed by atoms with Crippen molar-refractivity contribution < 1.29 is 23.9 Å². The molecule has 8 nitrogen and oxygen atoms in total. The number of ether oxygens (including phenoxy) is 2. The van der Waals surface area contributed by atoms with E-state index < -0.39 is 24.5 Å². The first kappa shape index (κ1) is 20.0. The first-order valence-electron chi connectivity index (χ1n) is 9.57. The molecule has 0 unspecified atom stereocenters. The molecule has 1 amide bonds. The number of thiophene rings is 1. The summed E-state index contributed by atoms with van der Waals surface area (Å²) in [5.41, 5.74) is 2.59. The third-order valence-corrected chi connectivity index (χ3v) is 5.85. The molecule has 0 atom stereocenters. The van der Waals surface area contributed by atoms with Crippen molar-refractivity contribution in [3.05, 3.63) is 52.2 Å². The van der Waals surface area contributed by atoms with Gasteiger partial charge >= 0.3 is 11.9 Å². The Kier molecular flexibility index (Phi) is 5.71. The highest BCUT2D eigenvalue weighted by Gasteiger charge is 2.28. The Bertz CT molecular complexity index is 1140. The number of nitrogens with zero attached hydrogens (tertiary/aromatic N) is 2. The molecule has 0 saturated heterocycles. The van der Waals surface area contributed by atoms with Crippen molar-refractivity contribution in [2.75, 3.05) is 18.5 Å². The zero-order chi connectivity index (χ0) is 21.1. The lowest BCUT2D eigenvalue weighted by Crippen LogP contribution is -2.22. The molecule has 30 heavy (non-hydrogen) atoms. The average Bonchev–Trinajstić information content (AvgIpc) is 3.32. The minimum Gasteiger partial charge on any atom is -0.462 e. The first-order valence-corrected chi connectivity index (χ1v) is 10.4. The Morgan fingerprint density at radius 1 is 1.10 bits per heavy atom. The van der Waals surface area contributed by atoms with E-state index in [9.17, 15) is 14.4 Å². The van der Waals surface area contributed by atoms with E-state index in [1.54, 1.807) is 25.1 Å². The molecule has 1 aliphatic carbocycles. The number of nitrogens with one attached hydrogen (secondary N) is 1. The predicted octanol–water partition coefficient (Wildman–Crippen LogP) is 3.15. The summed E-state index contributed by atoms with van der Waals surface area (Å²) in [6.07, 6.45) is 3.95. The molecular formula is C21H19N3O5S. The third-order valence-electron chi connectivity index (χ3n) is 4.65. The minimum atomic E-state index is -0.748. The zero-order valence-electron chi connectivity index (χ0n) is 16.3. The van der Waals surface area contributed by atoms with Crippen LogP contribution in [-0.4, -0.2) is 41.0 Å². The lowest BCUT2D eigenvalue weighted by molar-refractivity contribution is -0.119. The fourth-order valence-corrected chi connectivity index (χ4v) is 4.63. The molecule has 2 aromatic heterocycles. The van der Waals surface area contributed by atoms with Crippen LogP contribution in [0.2, 0.25) is 0 Å². The molecule has 0 radical (unpaired) electrons. The number of hydrogen-bond acceptors (Lipinski definition) is 8. The van der Waals surface area contributed by atoms with Crippen molar-refractivity contribution in [1.29, 1.82) is 0 Å². The minimum absolute atomic E-state index is 0.0174. The number of amides is 1. The van der Waals surface area contributed by atoms with Crippen LogP contribution >= 0.6 is 11.3 Å². The number of carbonyl (C=O) groups excluding carboxylic acids is 3. The van der Waals surface area contributed by atoms with Crippen molar-refractivity contribution in [2.45, 2.75) is 26.2 Å². The van der Waals surface area contributed by atoms with Crippen LogP contribution < -0.4 is 5.32 Å². The predicted molar refractivity (Wildman–Crippen MR) is 111 cm³/mol. The lowest BCUT2D eigenvalue weighted by atomic mass is 10.1. The van der Waals surface area contributed by atoms with Gasteiger partial charge in [-0.15, -0.1) is 11.3 Å². The number of benzene rings is 1. The molecule has 1 aromatic carbocycles. The molecule has 154 valence electrons. The summed E-state index contributed by atoms with van der Waals surface area (Å²) in [6.45, 7) is 1.48. The van der Waals surface area contributed by atoms with E-state index >= 15 is 0 Å². The smallest absolute Gasteiger partial charge is 0.359 e. The number of aromatic nitrogens is 2. The molecule has 0 fully saturated rings. The Hall–Kier alpha value is -3.33. The maximum Gasteiger partial charge on any atom is 0.359 e. The Morgan fingerprint density at radius 2 is 1.90 bits per heavy atom. The average molecular weight is 425 g/mol. The first-order chi connectivity index (χ1) is 14.6. The molecule has 0 saturated carbocycles. The molecule has 1 N–H and O–H groups in total. The van der Waals surface area contributed by atoms with E-state index in [2.05, 4.69) is 15.3 Å². The number of anilines is 1. The Balaban J connectivity index is 1.42. The van der Waals surface area contributed by atoms with Crippen LogP contribution in [0.1, 0.15) is 44.6 Å². The van der Waals surface area contributed by atoms with Gasteiger partial charge in [-0.2, -0.15) is 0 Å². The van der Waals surface area contributed by atoms with Crippen LogP contribution in [0.25, 0.3) is 11.0 Å². The molecule has 4 rings (SSSR count). The van der Waals surface area contributed by atoms with Crippen molar-refractivity contribution in [1.82, 2.24) is 9.97 Å². The van der Waals surface area contributed by atoms with E-state index in [4.69, 9.17) is 9.47 Å². The van der Waals surface area contributed by atoms with Gasteiger partial charge in [-0.25, -0.2) is 14.6 Å². The monoisotopic (exact) mass is 425 g/mol. The topological polar surface area (TPSA) is 107 Å². The quantitative estimate of drug-likeness (QED) is 0.605. The summed E-state index contributed by atoms with van der Waals surface area (Å²) >= 11 is 1.37. The number of hydrogen-bond donors (Lipinski definition) is 1. The van der Waals surface area contributed by atoms with Crippen molar-refractivity contribution in [3.63, 3.8) is 0 Å². The highest BCUT2D eigenvalue weighted by molar-refractivity contribution is 7.17. The number of aryl methyl sites for hydroxylation is 1. The standard InChI is InChI=1S/C21H19N3O5S/c1-2-28-21(27)18-12-6-5-9-16(12)30-19(18)24-17(25)11-29-20(26)15-10-22-13-7-3-4-8-14(13)23-15/h3-4,7-8,10H,2,5-6,9,11H2,1H3,(H,24,25). The number of fused-ring (bicyclic) bond motifs is 2. The lowest BCUT2D eigenvalue weighted by Gasteiger charge is -2.08. The van der Waals surface area contributed by atoms with Gasteiger partial charge in [-0.1, -0.05) is 12.1 Å². The van der Waals surface area contributed by atoms with Gasteiger partial charge < -0.3 is 14.8 Å². The number of para-hydroxylation sites is 2. The summed E-state index contributed by atoms with van der Waals surface area (Å²) in [5, 5.41) is 3.12. The summed E-state index contributed by atoms with van der Waals surface area (Å²) in [6, 6.07) is 7.13. The molecule has 0 spiro atoms. The fraction of sp³-hybridized carbons (Fsp3) is 0.286. The summed E-state index contributed by atoms with van der Waals surface area (Å²) in [7, 11) is 0. The van der Waals surface area contributed by atoms with Crippen LogP contribution in [0.3, 0.4) is 0 Å². The van der Waals surface area contributed by atoms with Gasteiger partial charge in [0.05, 0.1) is 29.4 Å². The van der Waals surface area contributed by atoms with E-state index in [1.807, 2.05) is 6.07 Å². The molecule has 0 aliphatic heterocycles. The highest BCUT2D eigenvalue weighted by Crippen LogP contribution is 2.39. The Morgan fingerprint density at radius 3 is 2.70 bits per heavy atom. The summed E-state index contributed by atoms with van der Waals surface area (Å²) in [5.74, 6) is -1.74. The highest BCUT2D eigenvalue weighted by atomic mass is 32.1. The molecule has 0 bridgehead atoms. The third kappa shape index (κ3) is 4.02. The molecule has 1 aliphatic rings. The summed E-state index contributed by atoms with van der Waals surface area (Å²) < 4.78 is 10.2. The zero-order valence-corrected chi connectivity index (χ0v) is 17.1. The van der Waals surface area contributed by atoms with Gasteiger partial charge in [0, 0.05) is 4.88 Å². The van der Waals surface area contributed by atoms with Crippen molar-refractivity contribution in [3.8, 4) is 0 Å². The van der Waals surface area contributed by atoms with E-state index in [0.717, 1.165) is 29.7 Å². The summed E-state index contributed by atoms with van der Waals surface area (Å²) in [4.78, 5) is 46.4. The second-order valence-electron chi connectivity index (χ2n) is 6.65. The maximum atomic E-state index is 12.4. The van der Waals surface area contributed by atoms with E-state index in [0.29, 0.717) is 21.6 Å². The van der Waals surface area contributed by atoms with Crippen molar-refractivity contribution >= 4 is 45.2 Å². The normalized spacial score (nSPS) is 12.4.